The van der Waals surface area contributed by atoms with Crippen molar-refractivity contribution in [3.05, 3.63) is 70.8 Å². The van der Waals surface area contributed by atoms with E-state index in [4.69, 9.17) is 0 Å². The SMILES string of the molecule is O=C1C=C(c2ccccc2)C(=O)N1c1cccoc1=O. The van der Waals surface area contributed by atoms with Crippen molar-refractivity contribution in [3.8, 4) is 0 Å². The van der Waals surface area contributed by atoms with Crippen LogP contribution in [0.15, 0.2) is 64.0 Å². The zero-order valence-electron chi connectivity index (χ0n) is 10.3. The predicted molar refractivity (Wildman–Crippen MR) is 71.9 cm³/mol. The number of carbonyl (C=O) groups excluding carboxylic acids is 2. The van der Waals surface area contributed by atoms with Crippen LogP contribution in [0.25, 0.3) is 5.57 Å². The quantitative estimate of drug-likeness (QED) is 0.775. The van der Waals surface area contributed by atoms with Gasteiger partial charge in [0, 0.05) is 6.08 Å². The van der Waals surface area contributed by atoms with Gasteiger partial charge in [0.15, 0.2) is 0 Å². The molecule has 2 heterocycles. The second-order valence-corrected chi connectivity index (χ2v) is 4.19. The van der Waals surface area contributed by atoms with Gasteiger partial charge in [-0.25, -0.2) is 9.69 Å². The largest absolute Gasteiger partial charge is 0.430 e. The minimum Gasteiger partial charge on any atom is -0.430 e. The summed E-state index contributed by atoms with van der Waals surface area (Å²) in [5.41, 5.74) is 0.0918. The summed E-state index contributed by atoms with van der Waals surface area (Å²) in [5.74, 6) is -1.08. The summed E-state index contributed by atoms with van der Waals surface area (Å²) in [6.45, 7) is 0. The standard InChI is InChI=1S/C15H9NO4/c17-13-9-11(10-5-2-1-3-6-10)14(18)16(13)12-7-4-8-20-15(12)19/h1-9H. The lowest BCUT2D eigenvalue weighted by Gasteiger charge is -2.12. The van der Waals surface area contributed by atoms with Gasteiger partial charge in [-0.2, -0.15) is 0 Å². The maximum Gasteiger partial charge on any atom is 0.360 e. The van der Waals surface area contributed by atoms with Gasteiger partial charge in [-0.3, -0.25) is 9.59 Å². The number of benzene rings is 1. The van der Waals surface area contributed by atoms with Gasteiger partial charge in [0.05, 0.1) is 11.8 Å². The number of anilines is 1. The molecule has 2 aromatic rings. The Morgan fingerprint density at radius 3 is 2.35 bits per heavy atom. The first-order chi connectivity index (χ1) is 9.68. The van der Waals surface area contributed by atoms with Crippen LogP contribution < -0.4 is 10.5 Å². The molecular weight excluding hydrogens is 258 g/mol. The van der Waals surface area contributed by atoms with Gasteiger partial charge in [-0.1, -0.05) is 30.3 Å². The van der Waals surface area contributed by atoms with Crippen molar-refractivity contribution in [1.29, 1.82) is 0 Å². The molecule has 0 spiro atoms. The fourth-order valence-electron chi connectivity index (χ4n) is 2.05. The van der Waals surface area contributed by atoms with Crippen molar-refractivity contribution in [3.63, 3.8) is 0 Å². The zero-order valence-corrected chi connectivity index (χ0v) is 10.3. The van der Waals surface area contributed by atoms with Crippen LogP contribution in [0.5, 0.6) is 0 Å². The normalized spacial score (nSPS) is 14.6. The van der Waals surface area contributed by atoms with Crippen molar-refractivity contribution in [2.24, 2.45) is 0 Å². The fraction of sp³-hybridized carbons (Fsp3) is 0. The molecule has 0 N–H and O–H groups in total. The van der Waals surface area contributed by atoms with Crippen LogP contribution in [-0.4, -0.2) is 11.8 Å². The Morgan fingerprint density at radius 1 is 0.900 bits per heavy atom. The molecular formula is C15H9NO4. The Kier molecular flexibility index (Phi) is 2.80. The number of rotatable bonds is 2. The summed E-state index contributed by atoms with van der Waals surface area (Å²) in [7, 11) is 0. The highest BCUT2D eigenvalue weighted by molar-refractivity contribution is 6.43. The molecule has 5 heteroatoms. The van der Waals surface area contributed by atoms with E-state index in [1.165, 1.54) is 24.5 Å². The first kappa shape index (κ1) is 12.1. The monoisotopic (exact) mass is 267 g/mol. The number of carbonyl (C=O) groups is 2. The highest BCUT2D eigenvalue weighted by atomic mass is 16.4. The van der Waals surface area contributed by atoms with Crippen molar-refractivity contribution >= 4 is 23.1 Å². The molecule has 0 unspecified atom stereocenters. The molecule has 2 amide bonds. The van der Waals surface area contributed by atoms with Gasteiger partial charge in [0.2, 0.25) is 0 Å². The Balaban J connectivity index is 2.04. The molecule has 0 bridgehead atoms. The highest BCUT2D eigenvalue weighted by Gasteiger charge is 2.34. The van der Waals surface area contributed by atoms with Crippen molar-refractivity contribution in [2.45, 2.75) is 0 Å². The average Bonchev–Trinajstić information content (AvgIpc) is 2.76. The highest BCUT2D eigenvalue weighted by Crippen LogP contribution is 2.26. The molecule has 0 radical (unpaired) electrons. The third-order valence-electron chi connectivity index (χ3n) is 2.96. The van der Waals surface area contributed by atoms with E-state index in [0.29, 0.717) is 5.56 Å². The number of amides is 2. The Bertz CT molecular complexity index is 774. The summed E-state index contributed by atoms with van der Waals surface area (Å²) in [4.78, 5) is 36.7. The molecule has 0 saturated carbocycles. The fourth-order valence-corrected chi connectivity index (χ4v) is 2.05. The Hall–Kier alpha value is -2.95. The molecule has 0 fully saturated rings. The number of hydrogen-bond donors (Lipinski definition) is 0. The maximum absolute atomic E-state index is 12.3. The smallest absolute Gasteiger partial charge is 0.360 e. The molecule has 0 aliphatic carbocycles. The molecule has 5 nitrogen and oxygen atoms in total. The predicted octanol–water partition coefficient (Wildman–Crippen LogP) is 1.60. The molecule has 1 aromatic heterocycles. The molecule has 20 heavy (non-hydrogen) atoms. The van der Waals surface area contributed by atoms with Gasteiger partial charge in [-0.15, -0.1) is 0 Å². The lowest BCUT2D eigenvalue weighted by atomic mass is 10.1. The zero-order chi connectivity index (χ0) is 14.1. The van der Waals surface area contributed by atoms with Gasteiger partial charge in [0.25, 0.3) is 11.8 Å². The summed E-state index contributed by atoms with van der Waals surface area (Å²) < 4.78 is 4.68. The lowest BCUT2D eigenvalue weighted by Crippen LogP contribution is -2.34. The van der Waals surface area contributed by atoms with E-state index in [1.807, 2.05) is 6.07 Å². The minimum absolute atomic E-state index is 0.0790. The van der Waals surface area contributed by atoms with E-state index in [2.05, 4.69) is 4.42 Å². The molecule has 1 aliphatic heterocycles. The van der Waals surface area contributed by atoms with Crippen LogP contribution in [0.4, 0.5) is 5.69 Å². The topological polar surface area (TPSA) is 67.6 Å². The maximum atomic E-state index is 12.3. The first-order valence-corrected chi connectivity index (χ1v) is 5.92. The van der Waals surface area contributed by atoms with E-state index in [1.54, 1.807) is 24.3 Å². The van der Waals surface area contributed by atoms with Crippen LogP contribution in [0, 0.1) is 0 Å². The molecule has 0 saturated heterocycles. The Labute approximate surface area is 113 Å². The van der Waals surface area contributed by atoms with E-state index < -0.39 is 17.4 Å². The lowest BCUT2D eigenvalue weighted by molar-refractivity contribution is -0.119. The number of imide groups is 1. The molecule has 3 rings (SSSR count). The molecule has 1 aliphatic rings. The van der Waals surface area contributed by atoms with Crippen molar-refractivity contribution in [1.82, 2.24) is 0 Å². The summed E-state index contributed by atoms with van der Waals surface area (Å²) in [5, 5.41) is 0. The van der Waals surface area contributed by atoms with Crippen molar-refractivity contribution < 1.29 is 14.0 Å². The second-order valence-electron chi connectivity index (χ2n) is 4.19. The van der Waals surface area contributed by atoms with E-state index in [9.17, 15) is 14.4 Å². The van der Waals surface area contributed by atoms with Gasteiger partial charge in [0.1, 0.15) is 5.69 Å². The number of nitrogens with zero attached hydrogens (tertiary/aromatic N) is 1. The summed E-state index contributed by atoms with van der Waals surface area (Å²) in [6, 6.07) is 11.7. The van der Waals surface area contributed by atoms with Gasteiger partial charge >= 0.3 is 5.63 Å². The average molecular weight is 267 g/mol. The van der Waals surface area contributed by atoms with E-state index in [0.717, 1.165) is 4.90 Å². The third kappa shape index (κ3) is 1.85. The minimum atomic E-state index is -0.725. The van der Waals surface area contributed by atoms with Crippen LogP contribution in [-0.2, 0) is 9.59 Å². The van der Waals surface area contributed by atoms with Crippen molar-refractivity contribution in [2.75, 3.05) is 4.90 Å². The second kappa shape index (κ2) is 4.62. The molecule has 0 atom stereocenters. The Morgan fingerprint density at radius 2 is 1.65 bits per heavy atom. The number of hydrogen-bond acceptors (Lipinski definition) is 4. The summed E-state index contributed by atoms with van der Waals surface area (Å²) >= 11 is 0. The molecule has 1 aromatic carbocycles. The van der Waals surface area contributed by atoms with E-state index >= 15 is 0 Å². The van der Waals surface area contributed by atoms with Crippen LogP contribution in [0.2, 0.25) is 0 Å². The van der Waals surface area contributed by atoms with E-state index in [-0.39, 0.29) is 11.3 Å². The van der Waals surface area contributed by atoms with Crippen LogP contribution in [0.3, 0.4) is 0 Å². The first-order valence-electron chi connectivity index (χ1n) is 5.92. The van der Waals surface area contributed by atoms with Gasteiger partial charge in [-0.05, 0) is 17.7 Å². The van der Waals surface area contributed by atoms with Crippen LogP contribution >= 0.6 is 0 Å². The van der Waals surface area contributed by atoms with Crippen LogP contribution in [0.1, 0.15) is 5.56 Å². The molecule has 98 valence electrons. The third-order valence-corrected chi connectivity index (χ3v) is 2.96. The van der Waals surface area contributed by atoms with Gasteiger partial charge < -0.3 is 4.42 Å². The summed E-state index contributed by atoms with van der Waals surface area (Å²) in [6.07, 6.45) is 2.42.